The van der Waals surface area contributed by atoms with Crippen LogP contribution in [-0.4, -0.2) is 61.8 Å². The molecule has 1 amide bonds. The van der Waals surface area contributed by atoms with Crippen molar-refractivity contribution in [2.45, 2.75) is 32.2 Å². The number of carbonyl (C=O) groups is 2. The van der Waals surface area contributed by atoms with E-state index in [0.717, 1.165) is 56.4 Å². The van der Waals surface area contributed by atoms with Crippen LogP contribution >= 0.6 is 0 Å². The number of nitrogens with zero attached hydrogens (tertiary/aromatic N) is 2. The van der Waals surface area contributed by atoms with Crippen molar-refractivity contribution in [3.63, 3.8) is 0 Å². The molecule has 176 valence electrons. The second-order valence-electron chi connectivity index (χ2n) is 9.09. The van der Waals surface area contributed by atoms with Crippen molar-refractivity contribution < 1.29 is 23.5 Å². The Kier molecular flexibility index (Phi) is 7.28. The van der Waals surface area contributed by atoms with E-state index in [1.54, 1.807) is 29.2 Å². The highest BCUT2D eigenvalue weighted by molar-refractivity contribution is 5.89. The Hall–Kier alpha value is -2.93. The molecular weight excluding hydrogens is 423 g/mol. The van der Waals surface area contributed by atoms with E-state index < -0.39 is 0 Å². The third-order valence-electron chi connectivity index (χ3n) is 7.01. The van der Waals surface area contributed by atoms with Gasteiger partial charge in [0.25, 0.3) is 0 Å². The van der Waals surface area contributed by atoms with Gasteiger partial charge in [-0.15, -0.1) is 0 Å². The van der Waals surface area contributed by atoms with E-state index in [-0.39, 0.29) is 23.3 Å². The van der Waals surface area contributed by atoms with Crippen molar-refractivity contribution >= 4 is 12.1 Å². The fourth-order valence-electron chi connectivity index (χ4n) is 4.79. The Morgan fingerprint density at radius 3 is 2.27 bits per heavy atom. The summed E-state index contributed by atoms with van der Waals surface area (Å²) in [6.45, 7) is 5.11. The molecule has 0 N–H and O–H groups in total. The summed E-state index contributed by atoms with van der Waals surface area (Å²) in [4.78, 5) is 28.5. The zero-order chi connectivity index (χ0) is 23.3. The lowest BCUT2D eigenvalue weighted by atomic mass is 9.73. The topological polar surface area (TPSA) is 59.1 Å². The Balaban J connectivity index is 0.000000318. The smallest absolute Gasteiger partial charge is 0.410 e. The van der Waals surface area contributed by atoms with Crippen molar-refractivity contribution in [1.82, 2.24) is 9.80 Å². The molecule has 2 aromatic carbocycles. The minimum absolute atomic E-state index is 0.178. The number of hydrogen-bond donors (Lipinski definition) is 0. The Labute approximate surface area is 194 Å². The van der Waals surface area contributed by atoms with E-state index >= 15 is 0 Å². The second kappa shape index (κ2) is 10.3. The van der Waals surface area contributed by atoms with Crippen molar-refractivity contribution in [1.29, 1.82) is 0 Å². The van der Waals surface area contributed by atoms with Crippen LogP contribution in [0.5, 0.6) is 0 Å². The van der Waals surface area contributed by atoms with Gasteiger partial charge in [-0.25, -0.2) is 14.0 Å². The zero-order valence-electron chi connectivity index (χ0n) is 19.1. The first-order chi connectivity index (χ1) is 16.0. The number of halogens is 1. The van der Waals surface area contributed by atoms with Crippen molar-refractivity contribution in [2.24, 2.45) is 5.41 Å². The molecule has 0 aromatic heterocycles. The van der Waals surface area contributed by atoms with Gasteiger partial charge in [0, 0.05) is 18.5 Å². The molecule has 0 saturated carbocycles. The van der Waals surface area contributed by atoms with Crippen LogP contribution in [0.3, 0.4) is 0 Å². The fourth-order valence-corrected chi connectivity index (χ4v) is 4.79. The van der Waals surface area contributed by atoms with E-state index in [4.69, 9.17) is 9.47 Å². The number of carbonyl (C=O) groups excluding carboxylic acids is 2. The van der Waals surface area contributed by atoms with Crippen LogP contribution in [0, 0.1) is 11.2 Å². The summed E-state index contributed by atoms with van der Waals surface area (Å²) in [7, 11) is 1.38. The predicted molar refractivity (Wildman–Crippen MR) is 122 cm³/mol. The number of benzene rings is 2. The van der Waals surface area contributed by atoms with Gasteiger partial charge in [0.05, 0.1) is 19.3 Å². The standard InChI is InChI=1S/C20H26N2O4.C6H5F/c1-25-18(23)16-2-3-17-13-22(8-4-15(17)12-16)19(24)26-14-20-5-9-21(10-6-20)11-7-20;7-6-4-2-1-3-5-6/h2-3,12H,4-11,13-14H2,1H3;1-5H. The lowest BCUT2D eigenvalue weighted by Gasteiger charge is -2.48. The van der Waals surface area contributed by atoms with Gasteiger partial charge in [-0.1, -0.05) is 24.3 Å². The lowest BCUT2D eigenvalue weighted by Crippen LogP contribution is -2.50. The number of amides is 1. The Morgan fingerprint density at radius 1 is 0.970 bits per heavy atom. The maximum atomic E-state index is 12.6. The van der Waals surface area contributed by atoms with Crippen LogP contribution in [0.1, 0.15) is 40.7 Å². The third-order valence-corrected chi connectivity index (χ3v) is 7.01. The predicted octanol–water partition coefficient (Wildman–Crippen LogP) is 4.28. The molecule has 3 fully saturated rings. The average Bonchev–Trinajstić information content (AvgIpc) is 2.88. The van der Waals surface area contributed by atoms with Crippen LogP contribution in [-0.2, 0) is 22.4 Å². The first-order valence-corrected chi connectivity index (χ1v) is 11.5. The van der Waals surface area contributed by atoms with Gasteiger partial charge in [-0.05, 0) is 80.7 Å². The molecule has 0 spiro atoms. The van der Waals surface area contributed by atoms with Crippen LogP contribution in [0.15, 0.2) is 48.5 Å². The van der Waals surface area contributed by atoms with Gasteiger partial charge >= 0.3 is 12.1 Å². The maximum Gasteiger partial charge on any atom is 0.410 e. The van der Waals surface area contributed by atoms with Gasteiger partial charge in [-0.2, -0.15) is 0 Å². The summed E-state index contributed by atoms with van der Waals surface area (Å²) in [5.74, 6) is -0.505. The number of piperidine rings is 3. The Bertz CT molecular complexity index is 960. The monoisotopic (exact) mass is 454 g/mol. The number of methoxy groups -OCH3 is 1. The molecule has 0 unspecified atom stereocenters. The Morgan fingerprint density at radius 2 is 1.67 bits per heavy atom. The number of ether oxygens (including phenoxy) is 2. The highest BCUT2D eigenvalue weighted by atomic mass is 19.1. The van der Waals surface area contributed by atoms with Crippen molar-refractivity contribution in [3.05, 3.63) is 71.0 Å². The molecule has 0 radical (unpaired) electrons. The summed E-state index contributed by atoms with van der Waals surface area (Å²) >= 11 is 0. The highest BCUT2D eigenvalue weighted by Gasteiger charge is 2.40. The largest absolute Gasteiger partial charge is 0.465 e. The van der Waals surface area contributed by atoms with Crippen molar-refractivity contribution in [3.8, 4) is 0 Å². The van der Waals surface area contributed by atoms with Crippen LogP contribution in [0.4, 0.5) is 9.18 Å². The molecule has 6 nitrogen and oxygen atoms in total. The normalized spacial score (nSPS) is 23.1. The minimum atomic E-state index is -0.326. The van der Waals surface area contributed by atoms with E-state index in [1.165, 1.54) is 19.2 Å². The lowest BCUT2D eigenvalue weighted by molar-refractivity contribution is -0.0288. The van der Waals surface area contributed by atoms with E-state index in [1.807, 2.05) is 12.1 Å². The molecule has 2 aromatic rings. The number of esters is 1. The molecule has 7 heteroatoms. The first kappa shape index (κ1) is 23.2. The average molecular weight is 455 g/mol. The van der Waals surface area contributed by atoms with E-state index in [0.29, 0.717) is 25.3 Å². The SMILES string of the molecule is COC(=O)c1ccc2c(c1)CCN(C(=O)OCC13CCN(CC1)CC3)C2.Fc1ccccc1. The molecule has 4 heterocycles. The molecular formula is C26H31FN2O4. The third kappa shape index (κ3) is 5.71. The maximum absolute atomic E-state index is 12.6. The fraction of sp³-hybridized carbons (Fsp3) is 0.462. The van der Waals surface area contributed by atoms with Crippen LogP contribution in [0.2, 0.25) is 0 Å². The molecule has 0 atom stereocenters. The van der Waals surface area contributed by atoms with Gasteiger partial charge in [0.1, 0.15) is 5.82 Å². The molecule has 6 rings (SSSR count). The minimum Gasteiger partial charge on any atom is -0.465 e. The summed E-state index contributed by atoms with van der Waals surface area (Å²) in [6.07, 6.45) is 3.93. The summed E-state index contributed by atoms with van der Waals surface area (Å²) in [6, 6.07) is 13.5. The molecule has 3 saturated heterocycles. The molecule has 4 aliphatic rings. The number of fused-ring (bicyclic) bond motifs is 4. The van der Waals surface area contributed by atoms with Crippen LogP contribution in [0.25, 0.3) is 0 Å². The summed E-state index contributed by atoms with van der Waals surface area (Å²) < 4.78 is 22.4. The molecule has 4 aliphatic heterocycles. The number of rotatable bonds is 3. The van der Waals surface area contributed by atoms with Gasteiger partial charge in [0.15, 0.2) is 0 Å². The molecule has 2 bridgehead atoms. The summed E-state index contributed by atoms with van der Waals surface area (Å²) in [5.41, 5.74) is 2.94. The van der Waals surface area contributed by atoms with Gasteiger partial charge < -0.3 is 19.3 Å². The van der Waals surface area contributed by atoms with Gasteiger partial charge in [-0.3, -0.25) is 0 Å². The summed E-state index contributed by atoms with van der Waals surface area (Å²) in [5, 5.41) is 0. The van der Waals surface area contributed by atoms with Crippen LogP contribution < -0.4 is 0 Å². The number of hydrogen-bond acceptors (Lipinski definition) is 5. The van der Waals surface area contributed by atoms with E-state index in [9.17, 15) is 14.0 Å². The first-order valence-electron chi connectivity index (χ1n) is 11.5. The van der Waals surface area contributed by atoms with E-state index in [2.05, 4.69) is 4.90 Å². The van der Waals surface area contributed by atoms with Crippen molar-refractivity contribution in [2.75, 3.05) is 39.9 Å². The second-order valence-corrected chi connectivity index (χ2v) is 9.09. The van der Waals surface area contributed by atoms with Gasteiger partial charge in [0.2, 0.25) is 0 Å². The molecule has 33 heavy (non-hydrogen) atoms. The molecule has 0 aliphatic carbocycles. The zero-order valence-corrected chi connectivity index (χ0v) is 19.1. The highest BCUT2D eigenvalue weighted by Crippen LogP contribution is 2.40. The quantitative estimate of drug-likeness (QED) is 0.648.